The molecule has 1 aromatic heterocycles. The Labute approximate surface area is 250 Å². The molecule has 3 amide bonds. The summed E-state index contributed by atoms with van der Waals surface area (Å²) >= 11 is 1.38. The number of hydrogen-bond acceptors (Lipinski definition) is 6. The monoisotopic (exact) mass is 582 g/mol. The van der Waals surface area contributed by atoms with Crippen LogP contribution in [0.1, 0.15) is 60.4 Å². The summed E-state index contributed by atoms with van der Waals surface area (Å²) < 4.78 is 5.03. The van der Waals surface area contributed by atoms with E-state index >= 15 is 0 Å². The topological polar surface area (TPSA) is 113 Å². The summed E-state index contributed by atoms with van der Waals surface area (Å²) in [5, 5.41) is 11.9. The molecule has 4 rings (SSSR count). The average Bonchev–Trinajstić information content (AvgIpc) is 3.40. The second-order valence-electron chi connectivity index (χ2n) is 10.0. The molecule has 1 heterocycles. The van der Waals surface area contributed by atoms with Crippen molar-refractivity contribution in [2.24, 2.45) is 0 Å². The molecule has 0 spiro atoms. The van der Waals surface area contributed by atoms with Crippen molar-refractivity contribution >= 4 is 47.1 Å². The number of nitrogens with one attached hydrogen (secondary N) is 3. The van der Waals surface area contributed by atoms with Crippen LogP contribution in [-0.4, -0.2) is 28.1 Å². The molecule has 0 saturated heterocycles. The number of amides is 3. The first-order valence-electron chi connectivity index (χ1n) is 13.7. The molecular formula is C33H34N4O4S. The van der Waals surface area contributed by atoms with Crippen LogP contribution in [0, 0.1) is 6.92 Å². The Kier molecular flexibility index (Phi) is 10.3. The summed E-state index contributed by atoms with van der Waals surface area (Å²) in [5.74, 6) is 0.296. The summed E-state index contributed by atoms with van der Waals surface area (Å²) in [6.45, 7) is 7.91. The normalized spacial score (nSPS) is 12.1. The van der Waals surface area contributed by atoms with Gasteiger partial charge < -0.3 is 20.5 Å². The van der Waals surface area contributed by atoms with Gasteiger partial charge in [0.05, 0.1) is 5.25 Å². The van der Waals surface area contributed by atoms with Gasteiger partial charge in [-0.1, -0.05) is 74.5 Å². The first-order valence-corrected chi connectivity index (χ1v) is 14.6. The zero-order valence-electron chi connectivity index (χ0n) is 24.0. The predicted octanol–water partition coefficient (Wildman–Crippen LogP) is 7.03. The number of benzene rings is 3. The van der Waals surface area contributed by atoms with Gasteiger partial charge in [-0.05, 0) is 66.8 Å². The molecule has 0 bridgehead atoms. The minimum atomic E-state index is -0.472. The zero-order valence-corrected chi connectivity index (χ0v) is 24.8. The molecular weight excluding hydrogens is 548 g/mol. The maximum Gasteiger partial charge on any atom is 0.272 e. The van der Waals surface area contributed by atoms with Crippen LogP contribution in [0.15, 0.2) is 100 Å². The van der Waals surface area contributed by atoms with Crippen LogP contribution < -0.4 is 16.0 Å². The highest BCUT2D eigenvalue weighted by Gasteiger charge is 2.20. The van der Waals surface area contributed by atoms with Crippen LogP contribution in [-0.2, 0) is 9.59 Å². The number of anilines is 2. The third-order valence-corrected chi connectivity index (χ3v) is 7.71. The minimum absolute atomic E-state index is 0.105. The van der Waals surface area contributed by atoms with Crippen molar-refractivity contribution in [3.8, 4) is 0 Å². The largest absolute Gasteiger partial charge is 0.360 e. The lowest BCUT2D eigenvalue weighted by Gasteiger charge is -2.15. The Morgan fingerprint density at radius 3 is 2.31 bits per heavy atom. The summed E-state index contributed by atoms with van der Waals surface area (Å²) in [7, 11) is 0. The molecule has 0 aliphatic heterocycles. The molecule has 3 aromatic carbocycles. The third kappa shape index (κ3) is 8.44. The van der Waals surface area contributed by atoms with Gasteiger partial charge in [0, 0.05) is 22.2 Å². The van der Waals surface area contributed by atoms with E-state index in [1.165, 1.54) is 17.3 Å². The molecule has 1 unspecified atom stereocenters. The number of nitrogens with zero attached hydrogens (tertiary/aromatic N) is 1. The first-order chi connectivity index (χ1) is 20.2. The maximum absolute atomic E-state index is 13.5. The molecule has 0 radical (unpaired) electrons. The third-order valence-electron chi connectivity index (χ3n) is 6.36. The van der Waals surface area contributed by atoms with E-state index in [2.05, 4.69) is 35.0 Å². The number of thioether (sulfide) groups is 1. The summed E-state index contributed by atoms with van der Waals surface area (Å²) in [4.78, 5) is 40.1. The molecule has 42 heavy (non-hydrogen) atoms. The lowest BCUT2D eigenvalue weighted by atomic mass is 10.0. The number of aryl methyl sites for hydroxylation is 1. The van der Waals surface area contributed by atoms with Crippen molar-refractivity contribution in [1.82, 2.24) is 10.5 Å². The Hall–Kier alpha value is -4.63. The van der Waals surface area contributed by atoms with E-state index in [0.717, 1.165) is 10.5 Å². The van der Waals surface area contributed by atoms with E-state index in [0.29, 0.717) is 35.2 Å². The molecule has 0 aliphatic rings. The fourth-order valence-corrected chi connectivity index (χ4v) is 5.06. The molecule has 1 atom stereocenters. The molecule has 216 valence electrons. The van der Waals surface area contributed by atoms with Crippen LogP contribution in [0.4, 0.5) is 11.5 Å². The van der Waals surface area contributed by atoms with Gasteiger partial charge in [0.25, 0.3) is 11.8 Å². The van der Waals surface area contributed by atoms with Crippen LogP contribution in [0.3, 0.4) is 0 Å². The second-order valence-corrected chi connectivity index (χ2v) is 11.3. The van der Waals surface area contributed by atoms with Crippen molar-refractivity contribution in [1.29, 1.82) is 0 Å². The molecule has 8 nitrogen and oxygen atoms in total. The number of carbonyl (C=O) groups excluding carboxylic acids is 3. The maximum atomic E-state index is 13.5. The zero-order chi connectivity index (χ0) is 30.1. The van der Waals surface area contributed by atoms with Crippen LogP contribution >= 0.6 is 11.8 Å². The number of hydrogen-bond donors (Lipinski definition) is 3. The summed E-state index contributed by atoms with van der Waals surface area (Å²) in [6, 6.07) is 25.5. The summed E-state index contributed by atoms with van der Waals surface area (Å²) in [5.41, 5.74) is 3.03. The smallest absolute Gasteiger partial charge is 0.272 e. The van der Waals surface area contributed by atoms with Crippen molar-refractivity contribution in [3.05, 3.63) is 113 Å². The highest BCUT2D eigenvalue weighted by Crippen LogP contribution is 2.29. The molecule has 0 aliphatic carbocycles. The van der Waals surface area contributed by atoms with Gasteiger partial charge in [-0.15, -0.1) is 11.8 Å². The minimum Gasteiger partial charge on any atom is -0.360 e. The molecule has 0 saturated carbocycles. The van der Waals surface area contributed by atoms with Crippen molar-refractivity contribution in [3.63, 3.8) is 0 Å². The Morgan fingerprint density at radius 1 is 0.929 bits per heavy atom. The van der Waals surface area contributed by atoms with Gasteiger partial charge in [-0.25, -0.2) is 0 Å². The fourth-order valence-electron chi connectivity index (χ4n) is 4.05. The van der Waals surface area contributed by atoms with Gasteiger partial charge in [-0.2, -0.15) is 0 Å². The Bertz CT molecular complexity index is 1560. The SMILES string of the molecule is CCC(Sc1cccc(NC(=O)/C(=C\c2ccc(C(C)C)cc2)NC(=O)c2ccccc2)c1)C(=O)Nc1cc(C)on1. The Morgan fingerprint density at radius 2 is 1.67 bits per heavy atom. The summed E-state index contributed by atoms with van der Waals surface area (Å²) in [6.07, 6.45) is 2.24. The van der Waals surface area contributed by atoms with Crippen LogP contribution in [0.5, 0.6) is 0 Å². The highest BCUT2D eigenvalue weighted by molar-refractivity contribution is 8.00. The van der Waals surface area contributed by atoms with E-state index in [4.69, 9.17) is 4.52 Å². The van der Waals surface area contributed by atoms with Crippen molar-refractivity contribution in [2.75, 3.05) is 10.6 Å². The fraction of sp³-hybridized carbons (Fsp3) is 0.212. The van der Waals surface area contributed by atoms with Gasteiger partial charge >= 0.3 is 0 Å². The Balaban J connectivity index is 1.51. The standard InChI is InChI=1S/C33H34N4O4S/c1-5-29(33(40)36-30-18-22(4)41-37-30)42-27-13-9-12-26(20-27)34-32(39)28(35-31(38)25-10-7-6-8-11-25)19-23-14-16-24(17-15-23)21(2)3/h6-21,29H,5H2,1-4H3,(H,34,39)(H,35,38)(H,36,37,40)/b28-19+. The lowest BCUT2D eigenvalue weighted by Crippen LogP contribution is -2.30. The van der Waals surface area contributed by atoms with E-state index in [1.807, 2.05) is 43.3 Å². The number of aromatic nitrogens is 1. The van der Waals surface area contributed by atoms with E-state index < -0.39 is 5.91 Å². The second kappa shape index (κ2) is 14.3. The van der Waals surface area contributed by atoms with Crippen LogP contribution in [0.25, 0.3) is 6.08 Å². The van der Waals surface area contributed by atoms with Crippen LogP contribution in [0.2, 0.25) is 0 Å². The number of carbonyl (C=O) groups is 3. The molecule has 0 fully saturated rings. The van der Waals surface area contributed by atoms with Crippen molar-refractivity contribution < 1.29 is 18.9 Å². The van der Waals surface area contributed by atoms with Gasteiger partial charge in [0.15, 0.2) is 5.82 Å². The highest BCUT2D eigenvalue weighted by atomic mass is 32.2. The van der Waals surface area contributed by atoms with Gasteiger partial charge in [0.1, 0.15) is 11.5 Å². The van der Waals surface area contributed by atoms with E-state index in [-0.39, 0.29) is 22.8 Å². The quantitative estimate of drug-likeness (QED) is 0.129. The molecule has 3 N–H and O–H groups in total. The van der Waals surface area contributed by atoms with Gasteiger partial charge in [0.2, 0.25) is 5.91 Å². The van der Waals surface area contributed by atoms with Gasteiger partial charge in [-0.3, -0.25) is 14.4 Å². The lowest BCUT2D eigenvalue weighted by molar-refractivity contribution is -0.116. The van der Waals surface area contributed by atoms with E-state index in [1.54, 1.807) is 61.5 Å². The molecule has 9 heteroatoms. The predicted molar refractivity (Wildman–Crippen MR) is 167 cm³/mol. The van der Waals surface area contributed by atoms with Crippen molar-refractivity contribution in [2.45, 2.75) is 50.2 Å². The first kappa shape index (κ1) is 30.3. The average molecular weight is 583 g/mol. The molecule has 4 aromatic rings. The van der Waals surface area contributed by atoms with E-state index in [9.17, 15) is 14.4 Å². The number of rotatable bonds is 11.